The molecule has 1 aliphatic heterocycles. The Labute approximate surface area is 242 Å². The summed E-state index contributed by atoms with van der Waals surface area (Å²) in [5.41, 5.74) is 4.18. The normalized spacial score (nSPS) is 13.8. The number of para-hydroxylation sites is 1. The van der Waals surface area contributed by atoms with E-state index in [4.69, 9.17) is 4.98 Å². The van der Waals surface area contributed by atoms with Crippen molar-refractivity contribution in [3.05, 3.63) is 84.4 Å². The third kappa shape index (κ3) is 8.01. The number of hydrogen-bond acceptors (Lipinski definition) is 5. The molecule has 1 amide bonds. The third-order valence-electron chi connectivity index (χ3n) is 7.70. The fourth-order valence-corrected chi connectivity index (χ4v) is 5.44. The topological polar surface area (TPSA) is 85.0 Å². The van der Waals surface area contributed by atoms with Gasteiger partial charge in [0, 0.05) is 49.1 Å². The van der Waals surface area contributed by atoms with Gasteiger partial charge in [0.15, 0.2) is 0 Å². The Bertz CT molecular complexity index is 1430. The van der Waals surface area contributed by atoms with Crippen LogP contribution >= 0.6 is 0 Å². The highest BCUT2D eigenvalue weighted by Crippen LogP contribution is 2.22. The molecule has 0 atom stereocenters. The number of carbonyl (C=O) groups is 2. The van der Waals surface area contributed by atoms with Crippen LogP contribution in [0.1, 0.15) is 67.4 Å². The van der Waals surface area contributed by atoms with Crippen LogP contribution in [0, 0.1) is 0 Å². The van der Waals surface area contributed by atoms with Crippen LogP contribution in [0.3, 0.4) is 0 Å². The second-order valence-electron chi connectivity index (χ2n) is 11.0. The highest BCUT2D eigenvalue weighted by molar-refractivity contribution is 6.04. The standard InChI is InChI=1S/C33H40N6O2/c1-37-24-28(23-34-37)26-12-10-13-27(22-26)32(41)36-33-35-29(25-39(33)30-15-4-2-5-16-30)14-11-18-31(40)17-6-9-21-38-19-7-3-8-20-38/h2,4-5,10,12-13,15-16,22-25H,3,6-9,11,14,17-21H2,1H3,(H,35,36,41). The van der Waals surface area contributed by atoms with Gasteiger partial charge in [-0.1, -0.05) is 36.8 Å². The lowest BCUT2D eigenvalue weighted by molar-refractivity contribution is -0.119. The van der Waals surface area contributed by atoms with Crippen LogP contribution in [-0.4, -0.2) is 55.6 Å². The van der Waals surface area contributed by atoms with Crippen molar-refractivity contribution >= 4 is 17.6 Å². The lowest BCUT2D eigenvalue weighted by Crippen LogP contribution is -2.30. The number of carbonyl (C=O) groups excluding carboxylic acids is 2. The van der Waals surface area contributed by atoms with Crippen molar-refractivity contribution in [1.29, 1.82) is 0 Å². The monoisotopic (exact) mass is 552 g/mol. The molecule has 2 aromatic heterocycles. The number of anilines is 1. The van der Waals surface area contributed by atoms with E-state index in [1.807, 2.05) is 72.5 Å². The number of likely N-dealkylation sites (tertiary alicyclic amines) is 1. The van der Waals surface area contributed by atoms with Crippen LogP contribution in [0.15, 0.2) is 73.2 Å². The van der Waals surface area contributed by atoms with E-state index in [1.54, 1.807) is 16.9 Å². The molecule has 5 rings (SSSR count). The van der Waals surface area contributed by atoms with E-state index in [0.29, 0.717) is 36.6 Å². The minimum atomic E-state index is -0.232. The molecule has 8 heteroatoms. The summed E-state index contributed by atoms with van der Waals surface area (Å²) in [6, 6.07) is 17.3. The molecule has 8 nitrogen and oxygen atoms in total. The predicted molar refractivity (Wildman–Crippen MR) is 162 cm³/mol. The number of benzene rings is 2. The second kappa shape index (κ2) is 14.0. The predicted octanol–water partition coefficient (Wildman–Crippen LogP) is 6.07. The molecule has 1 saturated heterocycles. The van der Waals surface area contributed by atoms with E-state index in [0.717, 1.165) is 48.3 Å². The van der Waals surface area contributed by atoms with E-state index >= 15 is 0 Å². The quantitative estimate of drug-likeness (QED) is 0.203. The molecule has 3 heterocycles. The smallest absolute Gasteiger partial charge is 0.258 e. The Balaban J connectivity index is 1.18. The van der Waals surface area contributed by atoms with Crippen LogP contribution < -0.4 is 5.32 Å². The average molecular weight is 553 g/mol. The summed E-state index contributed by atoms with van der Waals surface area (Å²) in [5, 5.41) is 7.25. The molecule has 0 spiro atoms. The first kappa shape index (κ1) is 28.5. The molecule has 41 heavy (non-hydrogen) atoms. The Morgan fingerprint density at radius 3 is 2.46 bits per heavy atom. The number of aryl methyl sites for hydroxylation is 2. The van der Waals surface area contributed by atoms with Crippen molar-refractivity contribution in [2.45, 2.75) is 57.8 Å². The van der Waals surface area contributed by atoms with Crippen molar-refractivity contribution in [3.63, 3.8) is 0 Å². The maximum Gasteiger partial charge on any atom is 0.258 e. The maximum atomic E-state index is 13.3. The van der Waals surface area contributed by atoms with E-state index < -0.39 is 0 Å². The van der Waals surface area contributed by atoms with Gasteiger partial charge >= 0.3 is 0 Å². The first-order valence-corrected chi connectivity index (χ1v) is 14.8. The molecule has 4 aromatic rings. The number of amides is 1. The number of hydrogen-bond donors (Lipinski definition) is 1. The van der Waals surface area contributed by atoms with Crippen molar-refractivity contribution in [1.82, 2.24) is 24.2 Å². The molecule has 0 unspecified atom stereocenters. The summed E-state index contributed by atoms with van der Waals surface area (Å²) in [5.74, 6) is 0.560. The molecule has 0 saturated carbocycles. The van der Waals surface area contributed by atoms with Crippen LogP contribution in [0.4, 0.5) is 5.95 Å². The lowest BCUT2D eigenvalue weighted by Gasteiger charge is -2.26. The molecule has 2 aromatic carbocycles. The first-order chi connectivity index (χ1) is 20.0. The Morgan fingerprint density at radius 1 is 0.878 bits per heavy atom. The van der Waals surface area contributed by atoms with Crippen molar-refractivity contribution in [2.24, 2.45) is 7.05 Å². The molecule has 0 bridgehead atoms. The van der Waals surface area contributed by atoms with E-state index in [1.165, 1.54) is 32.4 Å². The molecule has 0 radical (unpaired) electrons. The van der Waals surface area contributed by atoms with E-state index in [-0.39, 0.29) is 5.91 Å². The fourth-order valence-electron chi connectivity index (χ4n) is 5.44. The first-order valence-electron chi connectivity index (χ1n) is 14.8. The summed E-state index contributed by atoms with van der Waals surface area (Å²) >= 11 is 0. The number of rotatable bonds is 13. The Morgan fingerprint density at radius 2 is 1.68 bits per heavy atom. The minimum absolute atomic E-state index is 0.232. The van der Waals surface area contributed by atoms with Gasteiger partial charge in [-0.05, 0) is 88.0 Å². The van der Waals surface area contributed by atoms with Gasteiger partial charge in [-0.25, -0.2) is 4.98 Å². The number of nitrogens with one attached hydrogen (secondary N) is 1. The van der Waals surface area contributed by atoms with Gasteiger partial charge in [0.25, 0.3) is 5.91 Å². The number of unbranched alkanes of at least 4 members (excludes halogenated alkanes) is 1. The highest BCUT2D eigenvalue weighted by atomic mass is 16.1. The summed E-state index contributed by atoms with van der Waals surface area (Å²) in [4.78, 5) is 33.1. The summed E-state index contributed by atoms with van der Waals surface area (Å²) in [6.07, 6.45) is 14.3. The average Bonchev–Trinajstić information content (AvgIpc) is 3.62. The van der Waals surface area contributed by atoms with Crippen LogP contribution in [0.25, 0.3) is 16.8 Å². The Hall–Kier alpha value is -4.04. The van der Waals surface area contributed by atoms with Crippen LogP contribution in [0.5, 0.6) is 0 Å². The van der Waals surface area contributed by atoms with E-state index in [2.05, 4.69) is 15.3 Å². The third-order valence-corrected chi connectivity index (χ3v) is 7.70. The number of ketones is 1. The zero-order valence-electron chi connectivity index (χ0n) is 24.0. The largest absolute Gasteiger partial charge is 0.303 e. The zero-order valence-corrected chi connectivity index (χ0v) is 24.0. The Kier molecular flexibility index (Phi) is 9.75. The lowest BCUT2D eigenvalue weighted by atomic mass is 10.1. The summed E-state index contributed by atoms with van der Waals surface area (Å²) in [6.45, 7) is 3.54. The van der Waals surface area contributed by atoms with Crippen LogP contribution in [-0.2, 0) is 18.3 Å². The minimum Gasteiger partial charge on any atom is -0.303 e. The second-order valence-corrected chi connectivity index (χ2v) is 11.0. The van der Waals surface area contributed by atoms with Gasteiger partial charge in [0.1, 0.15) is 5.78 Å². The van der Waals surface area contributed by atoms with Gasteiger partial charge < -0.3 is 4.90 Å². The molecular weight excluding hydrogens is 512 g/mol. The fraction of sp³-hybridized carbons (Fsp3) is 0.394. The summed E-state index contributed by atoms with van der Waals surface area (Å²) in [7, 11) is 1.87. The van der Waals surface area contributed by atoms with Crippen LogP contribution in [0.2, 0.25) is 0 Å². The number of imidazole rings is 1. The van der Waals surface area contributed by atoms with Crippen molar-refractivity contribution < 1.29 is 9.59 Å². The number of piperidine rings is 1. The molecule has 214 valence electrons. The molecule has 0 aliphatic carbocycles. The maximum absolute atomic E-state index is 13.3. The SMILES string of the molecule is Cn1cc(-c2cccc(C(=O)Nc3nc(CCCC(=O)CCCCN4CCCCC4)cn3-c3ccccc3)c2)cn1. The number of nitrogens with zero attached hydrogens (tertiary/aromatic N) is 5. The highest BCUT2D eigenvalue weighted by Gasteiger charge is 2.16. The van der Waals surface area contributed by atoms with Gasteiger partial charge in [-0.2, -0.15) is 5.10 Å². The van der Waals surface area contributed by atoms with Gasteiger partial charge in [0.2, 0.25) is 5.95 Å². The van der Waals surface area contributed by atoms with E-state index in [9.17, 15) is 9.59 Å². The van der Waals surface area contributed by atoms with Crippen molar-refractivity contribution in [2.75, 3.05) is 25.0 Å². The molecule has 1 aliphatic rings. The zero-order chi connectivity index (χ0) is 28.4. The van der Waals surface area contributed by atoms with Gasteiger partial charge in [-0.15, -0.1) is 0 Å². The van der Waals surface area contributed by atoms with Crippen molar-refractivity contribution in [3.8, 4) is 16.8 Å². The molecule has 1 fully saturated rings. The van der Waals surface area contributed by atoms with Gasteiger partial charge in [-0.3, -0.25) is 24.2 Å². The van der Waals surface area contributed by atoms with Gasteiger partial charge in [0.05, 0.1) is 11.9 Å². The number of aromatic nitrogens is 4. The molecule has 1 N–H and O–H groups in total. The summed E-state index contributed by atoms with van der Waals surface area (Å²) < 4.78 is 3.64. The molecular formula is C33H40N6O2. The number of Topliss-reactive ketones (excluding diaryl/α,β-unsaturated/α-hetero) is 1.